The average Bonchev–Trinajstić information content (AvgIpc) is 2.52. The number of benzene rings is 2. The Labute approximate surface area is 125 Å². The molecule has 21 heavy (non-hydrogen) atoms. The van der Waals surface area contributed by atoms with Crippen molar-refractivity contribution in [1.82, 2.24) is 10.2 Å². The molecular weight excluding hydrogens is 291 g/mol. The summed E-state index contributed by atoms with van der Waals surface area (Å²) in [6.45, 7) is 0. The lowest BCUT2D eigenvalue weighted by Crippen LogP contribution is -1.98. The first-order valence-electron chi connectivity index (χ1n) is 6.20. The molecule has 0 amide bonds. The minimum absolute atomic E-state index is 0.328. The molecular formula is C15H10ClFN4. The third-order valence-corrected chi connectivity index (χ3v) is 3.20. The summed E-state index contributed by atoms with van der Waals surface area (Å²) in [6, 6.07) is 13.8. The van der Waals surface area contributed by atoms with Crippen LogP contribution in [0.5, 0.6) is 0 Å². The van der Waals surface area contributed by atoms with Crippen LogP contribution in [0.2, 0.25) is 5.15 Å². The minimum atomic E-state index is -0.338. The molecule has 0 spiro atoms. The Morgan fingerprint density at radius 1 is 1.00 bits per heavy atom. The highest BCUT2D eigenvalue weighted by Gasteiger charge is 2.06. The molecule has 0 fully saturated rings. The molecule has 0 aliphatic heterocycles. The fourth-order valence-electron chi connectivity index (χ4n) is 1.90. The van der Waals surface area contributed by atoms with Crippen molar-refractivity contribution in [2.24, 2.45) is 5.10 Å². The van der Waals surface area contributed by atoms with E-state index in [1.807, 2.05) is 24.3 Å². The van der Waals surface area contributed by atoms with E-state index in [9.17, 15) is 4.39 Å². The van der Waals surface area contributed by atoms with Crippen LogP contribution >= 0.6 is 11.6 Å². The highest BCUT2D eigenvalue weighted by Crippen LogP contribution is 2.25. The Balaban J connectivity index is 1.89. The molecule has 0 aliphatic carbocycles. The zero-order chi connectivity index (χ0) is 14.7. The van der Waals surface area contributed by atoms with E-state index in [0.29, 0.717) is 16.5 Å². The smallest absolute Gasteiger partial charge is 0.176 e. The second-order valence-corrected chi connectivity index (χ2v) is 4.63. The number of hydrogen-bond donors (Lipinski definition) is 1. The van der Waals surface area contributed by atoms with Gasteiger partial charge in [0.2, 0.25) is 0 Å². The van der Waals surface area contributed by atoms with Crippen LogP contribution in [0.15, 0.2) is 53.6 Å². The fraction of sp³-hybridized carbons (Fsp3) is 0. The molecule has 0 saturated heterocycles. The fourth-order valence-corrected chi connectivity index (χ4v) is 2.10. The highest BCUT2D eigenvalue weighted by molar-refractivity contribution is 6.34. The molecule has 1 aromatic heterocycles. The third-order valence-electron chi connectivity index (χ3n) is 2.92. The molecule has 3 aromatic rings. The number of aromatic nitrogens is 2. The van der Waals surface area contributed by atoms with Crippen LogP contribution in [0.1, 0.15) is 5.56 Å². The van der Waals surface area contributed by atoms with Gasteiger partial charge < -0.3 is 0 Å². The van der Waals surface area contributed by atoms with Crippen molar-refractivity contribution in [3.63, 3.8) is 0 Å². The van der Waals surface area contributed by atoms with Crippen LogP contribution < -0.4 is 5.43 Å². The normalized spacial score (nSPS) is 11.1. The standard InChI is InChI=1S/C15H10ClFN4/c16-14-11-6-2-3-7-12(11)15(21-19-14)20-18-9-10-5-1-4-8-13(10)17/h1-9H,(H,20,21)/b18-9-. The predicted molar refractivity (Wildman–Crippen MR) is 82.2 cm³/mol. The van der Waals surface area contributed by atoms with E-state index < -0.39 is 0 Å². The van der Waals surface area contributed by atoms with Gasteiger partial charge in [-0.3, -0.25) is 5.43 Å². The Kier molecular flexibility index (Phi) is 3.75. The summed E-state index contributed by atoms with van der Waals surface area (Å²) in [7, 11) is 0. The summed E-state index contributed by atoms with van der Waals surface area (Å²) in [5, 5.41) is 13.7. The van der Waals surface area contributed by atoms with Crippen molar-refractivity contribution < 1.29 is 4.39 Å². The van der Waals surface area contributed by atoms with Gasteiger partial charge in [0.05, 0.1) is 6.21 Å². The van der Waals surface area contributed by atoms with Gasteiger partial charge in [-0.2, -0.15) is 5.10 Å². The predicted octanol–water partition coefficient (Wildman–Crippen LogP) is 3.87. The van der Waals surface area contributed by atoms with E-state index in [1.54, 1.807) is 18.2 Å². The molecule has 2 aromatic carbocycles. The topological polar surface area (TPSA) is 50.2 Å². The van der Waals surface area contributed by atoms with Gasteiger partial charge in [-0.05, 0) is 6.07 Å². The number of halogens is 2. The van der Waals surface area contributed by atoms with Crippen molar-refractivity contribution in [3.8, 4) is 0 Å². The molecule has 4 nitrogen and oxygen atoms in total. The number of nitrogens with zero attached hydrogens (tertiary/aromatic N) is 3. The van der Waals surface area contributed by atoms with Crippen LogP contribution in [-0.4, -0.2) is 16.4 Å². The molecule has 0 atom stereocenters. The number of hydrazone groups is 1. The van der Waals surface area contributed by atoms with Gasteiger partial charge >= 0.3 is 0 Å². The monoisotopic (exact) mass is 300 g/mol. The van der Waals surface area contributed by atoms with Crippen molar-refractivity contribution in [3.05, 3.63) is 65.1 Å². The third kappa shape index (κ3) is 2.83. The maximum atomic E-state index is 13.5. The Morgan fingerprint density at radius 2 is 1.71 bits per heavy atom. The van der Waals surface area contributed by atoms with Gasteiger partial charge in [-0.1, -0.05) is 54.1 Å². The zero-order valence-electron chi connectivity index (χ0n) is 10.8. The molecule has 3 rings (SSSR count). The van der Waals surface area contributed by atoms with E-state index in [-0.39, 0.29) is 5.82 Å². The molecule has 104 valence electrons. The highest BCUT2D eigenvalue weighted by atomic mass is 35.5. The van der Waals surface area contributed by atoms with E-state index in [4.69, 9.17) is 11.6 Å². The lowest BCUT2D eigenvalue weighted by atomic mass is 10.2. The second kappa shape index (κ2) is 5.85. The van der Waals surface area contributed by atoms with Gasteiger partial charge in [0.25, 0.3) is 0 Å². The Hall–Kier alpha value is -2.53. The van der Waals surface area contributed by atoms with Crippen LogP contribution in [0.25, 0.3) is 10.8 Å². The van der Waals surface area contributed by atoms with Crippen molar-refractivity contribution in [1.29, 1.82) is 0 Å². The number of fused-ring (bicyclic) bond motifs is 1. The molecule has 0 bridgehead atoms. The maximum Gasteiger partial charge on any atom is 0.176 e. The van der Waals surface area contributed by atoms with E-state index in [1.165, 1.54) is 12.3 Å². The van der Waals surface area contributed by atoms with Gasteiger partial charge in [-0.25, -0.2) is 4.39 Å². The SMILES string of the molecule is Fc1ccccc1/C=N\Nc1nnc(Cl)c2ccccc12. The number of anilines is 1. The largest absolute Gasteiger partial charge is 0.259 e. The Morgan fingerprint density at radius 3 is 2.52 bits per heavy atom. The van der Waals surface area contributed by atoms with E-state index >= 15 is 0 Å². The summed E-state index contributed by atoms with van der Waals surface area (Å²) < 4.78 is 13.5. The first-order valence-corrected chi connectivity index (χ1v) is 6.58. The molecule has 0 radical (unpaired) electrons. The van der Waals surface area contributed by atoms with Gasteiger partial charge in [0.15, 0.2) is 11.0 Å². The molecule has 1 heterocycles. The maximum absolute atomic E-state index is 13.5. The van der Waals surface area contributed by atoms with E-state index in [2.05, 4.69) is 20.7 Å². The van der Waals surface area contributed by atoms with Gasteiger partial charge in [0.1, 0.15) is 5.82 Å². The summed E-state index contributed by atoms with van der Waals surface area (Å²) in [4.78, 5) is 0. The van der Waals surface area contributed by atoms with E-state index in [0.717, 1.165) is 10.8 Å². The number of rotatable bonds is 3. The first kappa shape index (κ1) is 13.5. The number of nitrogens with one attached hydrogen (secondary N) is 1. The number of hydrogen-bond acceptors (Lipinski definition) is 4. The van der Waals surface area contributed by atoms with Crippen molar-refractivity contribution >= 4 is 34.4 Å². The van der Waals surface area contributed by atoms with Gasteiger partial charge in [0, 0.05) is 16.3 Å². The summed E-state index contributed by atoms with van der Waals surface area (Å²) in [5.74, 6) is 0.123. The van der Waals surface area contributed by atoms with Crippen LogP contribution in [0.3, 0.4) is 0 Å². The molecule has 6 heteroatoms. The molecule has 0 unspecified atom stereocenters. The Bertz CT molecular complexity index is 820. The summed E-state index contributed by atoms with van der Waals surface area (Å²) >= 11 is 5.99. The average molecular weight is 301 g/mol. The van der Waals surface area contributed by atoms with Crippen LogP contribution in [0.4, 0.5) is 10.2 Å². The lowest BCUT2D eigenvalue weighted by molar-refractivity contribution is 0.626. The molecule has 1 N–H and O–H groups in total. The zero-order valence-corrected chi connectivity index (χ0v) is 11.5. The molecule has 0 saturated carbocycles. The first-order chi connectivity index (χ1) is 10.3. The quantitative estimate of drug-likeness (QED) is 0.590. The van der Waals surface area contributed by atoms with Crippen LogP contribution in [0, 0.1) is 5.82 Å². The summed E-state index contributed by atoms with van der Waals surface area (Å²) in [5.41, 5.74) is 3.15. The lowest BCUT2D eigenvalue weighted by Gasteiger charge is -2.04. The van der Waals surface area contributed by atoms with Crippen molar-refractivity contribution in [2.75, 3.05) is 5.43 Å². The second-order valence-electron chi connectivity index (χ2n) is 4.28. The summed E-state index contributed by atoms with van der Waals surface area (Å²) in [6.07, 6.45) is 1.39. The molecule has 0 aliphatic rings. The minimum Gasteiger partial charge on any atom is -0.259 e. The van der Waals surface area contributed by atoms with Crippen molar-refractivity contribution in [2.45, 2.75) is 0 Å². The van der Waals surface area contributed by atoms with Crippen LogP contribution in [-0.2, 0) is 0 Å². The van der Waals surface area contributed by atoms with Gasteiger partial charge in [-0.15, -0.1) is 10.2 Å².